The summed E-state index contributed by atoms with van der Waals surface area (Å²) >= 11 is 4.97. The highest BCUT2D eigenvalue weighted by molar-refractivity contribution is 7.80. The van der Waals surface area contributed by atoms with Gasteiger partial charge in [-0.15, -0.1) is 0 Å². The van der Waals surface area contributed by atoms with Crippen LogP contribution in [0.1, 0.15) is 41.9 Å². The third-order valence-electron chi connectivity index (χ3n) is 3.46. The van der Waals surface area contributed by atoms with Crippen molar-refractivity contribution in [3.63, 3.8) is 0 Å². The zero-order chi connectivity index (χ0) is 13.8. The number of carbonyl (C=O) groups is 1. The van der Waals surface area contributed by atoms with Gasteiger partial charge in [-0.05, 0) is 31.9 Å². The van der Waals surface area contributed by atoms with Crippen molar-refractivity contribution in [2.75, 3.05) is 6.54 Å². The van der Waals surface area contributed by atoms with E-state index >= 15 is 0 Å². The van der Waals surface area contributed by atoms with E-state index in [4.69, 9.17) is 18.0 Å². The normalized spacial score (nSPS) is 15.4. The topological polar surface area (TPSA) is 59.2 Å². The summed E-state index contributed by atoms with van der Waals surface area (Å²) < 4.78 is 0. The van der Waals surface area contributed by atoms with Gasteiger partial charge in [0.2, 0.25) is 0 Å². The van der Waals surface area contributed by atoms with E-state index in [1.807, 2.05) is 19.1 Å². The number of rotatable bonds is 4. The molecule has 0 saturated heterocycles. The molecule has 2 rings (SSSR count). The Morgan fingerprint density at radius 2 is 2.16 bits per heavy atom. The molecule has 0 atom stereocenters. The third-order valence-corrected chi connectivity index (χ3v) is 3.59. The lowest BCUT2D eigenvalue weighted by Gasteiger charge is -2.28. The molecular formula is C14H19N3OS. The van der Waals surface area contributed by atoms with Crippen LogP contribution in [0.3, 0.4) is 0 Å². The van der Waals surface area contributed by atoms with E-state index in [0.29, 0.717) is 17.2 Å². The Morgan fingerprint density at radius 1 is 1.47 bits per heavy atom. The van der Waals surface area contributed by atoms with Crippen molar-refractivity contribution in [1.29, 1.82) is 0 Å². The molecule has 1 heterocycles. The quantitative estimate of drug-likeness (QED) is 0.856. The molecule has 0 unspecified atom stereocenters. The molecule has 0 radical (unpaired) electrons. The van der Waals surface area contributed by atoms with Gasteiger partial charge in [0.05, 0.1) is 11.5 Å². The molecule has 2 N–H and O–H groups in total. The van der Waals surface area contributed by atoms with Crippen LogP contribution < -0.4 is 5.73 Å². The lowest BCUT2D eigenvalue weighted by Crippen LogP contribution is -2.44. The van der Waals surface area contributed by atoms with Crippen LogP contribution in [-0.4, -0.2) is 33.4 Å². The molecule has 0 aromatic carbocycles. The number of hydrogen-bond donors (Lipinski definition) is 1. The standard InChI is InChI=1S/C14H19N3OS/c1-10-5-4-8-12(16-10)14(18)17(9-13(15)19)11-6-2-3-7-11/h4-5,8,11H,2-3,6-7,9H2,1H3,(H2,15,19). The van der Waals surface area contributed by atoms with Crippen LogP contribution in [0.15, 0.2) is 18.2 Å². The van der Waals surface area contributed by atoms with Crippen LogP contribution in [0.5, 0.6) is 0 Å². The molecule has 1 aliphatic carbocycles. The molecule has 0 aliphatic heterocycles. The van der Waals surface area contributed by atoms with Gasteiger partial charge in [0.15, 0.2) is 0 Å². The second kappa shape index (κ2) is 6.10. The number of aromatic nitrogens is 1. The summed E-state index contributed by atoms with van der Waals surface area (Å²) in [6.07, 6.45) is 4.38. The molecule has 0 bridgehead atoms. The Morgan fingerprint density at radius 3 is 2.74 bits per heavy atom. The lowest BCUT2D eigenvalue weighted by atomic mass is 10.2. The van der Waals surface area contributed by atoms with Crippen molar-refractivity contribution in [3.05, 3.63) is 29.6 Å². The van der Waals surface area contributed by atoms with Crippen molar-refractivity contribution in [2.24, 2.45) is 5.73 Å². The largest absolute Gasteiger partial charge is 0.392 e. The summed E-state index contributed by atoms with van der Waals surface area (Å²) in [5.74, 6) is -0.0663. The second-order valence-electron chi connectivity index (χ2n) is 5.00. The van der Waals surface area contributed by atoms with E-state index in [-0.39, 0.29) is 11.9 Å². The molecule has 1 amide bonds. The Balaban J connectivity index is 2.21. The molecule has 1 aromatic heterocycles. The Kier molecular flexibility index (Phi) is 4.47. The first-order valence-electron chi connectivity index (χ1n) is 6.61. The zero-order valence-corrected chi connectivity index (χ0v) is 11.9. The van der Waals surface area contributed by atoms with Gasteiger partial charge in [0, 0.05) is 11.7 Å². The van der Waals surface area contributed by atoms with Gasteiger partial charge in [0.1, 0.15) is 5.69 Å². The van der Waals surface area contributed by atoms with E-state index in [0.717, 1.165) is 31.4 Å². The van der Waals surface area contributed by atoms with E-state index in [1.165, 1.54) is 0 Å². The zero-order valence-electron chi connectivity index (χ0n) is 11.1. The van der Waals surface area contributed by atoms with Crippen molar-refractivity contribution in [1.82, 2.24) is 9.88 Å². The van der Waals surface area contributed by atoms with Crippen LogP contribution in [0.4, 0.5) is 0 Å². The monoisotopic (exact) mass is 277 g/mol. The molecule has 1 aromatic rings. The maximum atomic E-state index is 12.6. The molecular weight excluding hydrogens is 258 g/mol. The minimum Gasteiger partial charge on any atom is -0.392 e. The van der Waals surface area contributed by atoms with Crippen LogP contribution in [0, 0.1) is 6.92 Å². The number of nitrogens with zero attached hydrogens (tertiary/aromatic N) is 2. The smallest absolute Gasteiger partial charge is 0.273 e. The number of thiocarbonyl (C=S) groups is 1. The first-order valence-corrected chi connectivity index (χ1v) is 7.01. The van der Waals surface area contributed by atoms with Crippen molar-refractivity contribution in [2.45, 2.75) is 38.6 Å². The van der Waals surface area contributed by atoms with E-state index in [2.05, 4.69) is 4.98 Å². The summed E-state index contributed by atoms with van der Waals surface area (Å²) in [5.41, 5.74) is 6.94. The van der Waals surface area contributed by atoms with Crippen molar-refractivity contribution < 1.29 is 4.79 Å². The molecule has 1 aliphatic rings. The summed E-state index contributed by atoms with van der Waals surface area (Å²) in [6.45, 7) is 2.22. The molecule has 19 heavy (non-hydrogen) atoms. The molecule has 102 valence electrons. The minimum absolute atomic E-state index is 0.0663. The predicted octanol–water partition coefficient (Wildman–Crippen LogP) is 2.06. The number of aryl methyl sites for hydroxylation is 1. The average molecular weight is 277 g/mol. The third kappa shape index (κ3) is 3.50. The SMILES string of the molecule is Cc1cccc(C(=O)N(CC(N)=S)C2CCCC2)n1. The summed E-state index contributed by atoms with van der Waals surface area (Å²) in [7, 11) is 0. The van der Waals surface area contributed by atoms with Gasteiger partial charge in [-0.3, -0.25) is 4.79 Å². The van der Waals surface area contributed by atoms with Gasteiger partial charge >= 0.3 is 0 Å². The maximum Gasteiger partial charge on any atom is 0.273 e. The highest BCUT2D eigenvalue weighted by Gasteiger charge is 2.28. The van der Waals surface area contributed by atoms with E-state index in [1.54, 1.807) is 11.0 Å². The maximum absolute atomic E-state index is 12.6. The fourth-order valence-corrected chi connectivity index (χ4v) is 2.70. The number of carbonyl (C=O) groups excluding carboxylic acids is 1. The van der Waals surface area contributed by atoms with Crippen LogP contribution >= 0.6 is 12.2 Å². The Hall–Kier alpha value is -1.49. The lowest BCUT2D eigenvalue weighted by molar-refractivity contribution is 0.0708. The summed E-state index contributed by atoms with van der Waals surface area (Å²) in [4.78, 5) is 19.0. The highest BCUT2D eigenvalue weighted by atomic mass is 32.1. The van der Waals surface area contributed by atoms with Gasteiger partial charge in [0.25, 0.3) is 5.91 Å². The summed E-state index contributed by atoms with van der Waals surface area (Å²) in [5, 5.41) is 0. The Labute approximate surface area is 119 Å². The van der Waals surface area contributed by atoms with Crippen molar-refractivity contribution in [3.8, 4) is 0 Å². The summed E-state index contributed by atoms with van der Waals surface area (Å²) in [6, 6.07) is 5.72. The number of amides is 1. The number of nitrogens with two attached hydrogens (primary N) is 1. The van der Waals surface area contributed by atoms with Gasteiger partial charge in [-0.2, -0.15) is 0 Å². The van der Waals surface area contributed by atoms with Crippen LogP contribution in [0.25, 0.3) is 0 Å². The van der Waals surface area contributed by atoms with Gasteiger partial charge in [-0.25, -0.2) is 4.98 Å². The van der Waals surface area contributed by atoms with Gasteiger partial charge < -0.3 is 10.6 Å². The highest BCUT2D eigenvalue weighted by Crippen LogP contribution is 2.24. The van der Waals surface area contributed by atoms with Crippen molar-refractivity contribution >= 4 is 23.1 Å². The van der Waals surface area contributed by atoms with Crippen LogP contribution in [0.2, 0.25) is 0 Å². The molecule has 4 nitrogen and oxygen atoms in total. The average Bonchev–Trinajstić information content (AvgIpc) is 2.88. The van der Waals surface area contributed by atoms with Crippen LogP contribution in [-0.2, 0) is 0 Å². The minimum atomic E-state index is -0.0663. The predicted molar refractivity (Wildman–Crippen MR) is 79.1 cm³/mol. The molecule has 0 spiro atoms. The fraction of sp³-hybridized carbons (Fsp3) is 0.500. The molecule has 5 heteroatoms. The fourth-order valence-electron chi connectivity index (χ4n) is 2.56. The first kappa shape index (κ1) is 13.9. The molecule has 1 saturated carbocycles. The first-order chi connectivity index (χ1) is 9.08. The van der Waals surface area contributed by atoms with E-state index < -0.39 is 0 Å². The van der Waals surface area contributed by atoms with E-state index in [9.17, 15) is 4.79 Å². The number of pyridine rings is 1. The Bertz CT molecular complexity index is 483. The van der Waals surface area contributed by atoms with Gasteiger partial charge in [-0.1, -0.05) is 31.1 Å². The molecule has 1 fully saturated rings. The second-order valence-corrected chi connectivity index (χ2v) is 5.53. The number of hydrogen-bond acceptors (Lipinski definition) is 3.